The van der Waals surface area contributed by atoms with Gasteiger partial charge in [0.15, 0.2) is 0 Å². The van der Waals surface area contributed by atoms with E-state index >= 15 is 0 Å². The molecule has 5 heteroatoms. The van der Waals surface area contributed by atoms with E-state index in [-0.39, 0.29) is 11.7 Å². The van der Waals surface area contributed by atoms with E-state index in [1.54, 1.807) is 6.20 Å². The molecule has 126 valence electrons. The van der Waals surface area contributed by atoms with Gasteiger partial charge in [-0.05, 0) is 43.1 Å². The highest BCUT2D eigenvalue weighted by Gasteiger charge is 2.44. The number of aromatic nitrogens is 2. The van der Waals surface area contributed by atoms with Gasteiger partial charge in [0.25, 0.3) is 0 Å². The second-order valence-corrected chi connectivity index (χ2v) is 6.78. The van der Waals surface area contributed by atoms with Crippen LogP contribution >= 0.6 is 0 Å². The van der Waals surface area contributed by atoms with Gasteiger partial charge in [-0.3, -0.25) is 9.88 Å². The summed E-state index contributed by atoms with van der Waals surface area (Å²) in [6.07, 6.45) is 8.80. The van der Waals surface area contributed by atoms with Crippen LogP contribution in [-0.4, -0.2) is 46.3 Å². The normalized spacial score (nSPS) is 27.4. The van der Waals surface area contributed by atoms with Crippen molar-refractivity contribution in [3.63, 3.8) is 0 Å². The van der Waals surface area contributed by atoms with Crippen molar-refractivity contribution >= 4 is 0 Å². The smallest absolute Gasteiger partial charge is 0.213 e. The third-order valence-electron chi connectivity index (χ3n) is 4.87. The van der Waals surface area contributed by atoms with Gasteiger partial charge < -0.3 is 9.47 Å². The Balaban J connectivity index is 1.37. The SMILES string of the molecule is c1ccc(O[C@H]2CO[C@@]3(CCCN(Cc4ccncc4)C3)C2)nc1. The van der Waals surface area contributed by atoms with Gasteiger partial charge in [0.2, 0.25) is 5.88 Å². The molecule has 2 aliphatic rings. The lowest BCUT2D eigenvalue weighted by atomic mass is 9.89. The predicted octanol–water partition coefficient (Wildman–Crippen LogP) is 2.68. The fourth-order valence-electron chi connectivity index (χ4n) is 3.82. The second-order valence-electron chi connectivity index (χ2n) is 6.78. The molecule has 4 rings (SSSR count). The van der Waals surface area contributed by atoms with Gasteiger partial charge in [0.1, 0.15) is 6.10 Å². The summed E-state index contributed by atoms with van der Waals surface area (Å²) in [4.78, 5) is 10.8. The standard InChI is InChI=1S/C19H23N3O2/c1-2-8-21-18(4-1)24-17-12-19(23-14-17)7-3-11-22(15-19)13-16-5-9-20-10-6-16/h1-2,4-6,8-10,17H,3,7,11-15H2/t17-,19+/m1/s1. The van der Waals surface area contributed by atoms with E-state index in [1.807, 2.05) is 30.6 Å². The van der Waals surface area contributed by atoms with Crippen LogP contribution in [0.5, 0.6) is 5.88 Å². The molecule has 0 aromatic carbocycles. The maximum absolute atomic E-state index is 6.23. The maximum Gasteiger partial charge on any atom is 0.213 e. The van der Waals surface area contributed by atoms with Gasteiger partial charge in [0.05, 0.1) is 12.2 Å². The average molecular weight is 325 g/mol. The summed E-state index contributed by atoms with van der Waals surface area (Å²) in [7, 11) is 0. The molecule has 2 aliphatic heterocycles. The second kappa shape index (κ2) is 6.87. The first-order valence-electron chi connectivity index (χ1n) is 8.64. The number of hydrogen-bond acceptors (Lipinski definition) is 5. The summed E-state index contributed by atoms with van der Waals surface area (Å²) in [5.41, 5.74) is 1.24. The lowest BCUT2D eigenvalue weighted by molar-refractivity contribution is -0.0538. The Hall–Kier alpha value is -1.98. The van der Waals surface area contributed by atoms with Crippen molar-refractivity contribution in [3.05, 3.63) is 54.5 Å². The first-order valence-corrected chi connectivity index (χ1v) is 8.64. The van der Waals surface area contributed by atoms with Gasteiger partial charge in [-0.2, -0.15) is 0 Å². The molecule has 2 atom stereocenters. The van der Waals surface area contributed by atoms with Gasteiger partial charge in [-0.25, -0.2) is 4.98 Å². The van der Waals surface area contributed by atoms with Crippen LogP contribution in [0, 0.1) is 0 Å². The van der Waals surface area contributed by atoms with Crippen LogP contribution in [0.15, 0.2) is 48.9 Å². The van der Waals surface area contributed by atoms with Crippen molar-refractivity contribution in [2.45, 2.75) is 37.5 Å². The van der Waals surface area contributed by atoms with E-state index in [4.69, 9.17) is 9.47 Å². The number of likely N-dealkylation sites (tertiary alicyclic amines) is 1. The number of ether oxygens (including phenoxy) is 2. The van der Waals surface area contributed by atoms with Crippen molar-refractivity contribution in [3.8, 4) is 5.88 Å². The Labute approximate surface area is 142 Å². The molecule has 5 nitrogen and oxygen atoms in total. The fraction of sp³-hybridized carbons (Fsp3) is 0.474. The van der Waals surface area contributed by atoms with Crippen molar-refractivity contribution in [2.75, 3.05) is 19.7 Å². The molecule has 2 aromatic heterocycles. The van der Waals surface area contributed by atoms with Crippen LogP contribution in [0.2, 0.25) is 0 Å². The summed E-state index contributed by atoms with van der Waals surface area (Å²) < 4.78 is 12.2. The lowest BCUT2D eigenvalue weighted by Crippen LogP contribution is -2.47. The summed E-state index contributed by atoms with van der Waals surface area (Å²) in [5, 5.41) is 0. The largest absolute Gasteiger partial charge is 0.472 e. The Morgan fingerprint density at radius 1 is 1.21 bits per heavy atom. The van der Waals surface area contributed by atoms with E-state index in [0.29, 0.717) is 12.5 Å². The molecule has 0 radical (unpaired) electrons. The van der Waals surface area contributed by atoms with Crippen LogP contribution in [0.1, 0.15) is 24.8 Å². The Bertz CT molecular complexity index is 652. The average Bonchev–Trinajstić information content (AvgIpc) is 2.98. The summed E-state index contributed by atoms with van der Waals surface area (Å²) in [5.74, 6) is 0.688. The monoisotopic (exact) mass is 325 g/mol. The zero-order valence-electron chi connectivity index (χ0n) is 13.8. The summed E-state index contributed by atoms with van der Waals surface area (Å²) >= 11 is 0. The van der Waals surface area contributed by atoms with E-state index in [9.17, 15) is 0 Å². The molecular formula is C19H23N3O2. The summed E-state index contributed by atoms with van der Waals surface area (Å²) in [6, 6.07) is 9.93. The summed E-state index contributed by atoms with van der Waals surface area (Å²) in [6.45, 7) is 3.70. The van der Waals surface area contributed by atoms with Crippen molar-refractivity contribution in [2.24, 2.45) is 0 Å². The lowest BCUT2D eigenvalue weighted by Gasteiger charge is -2.39. The minimum Gasteiger partial charge on any atom is -0.472 e. The van der Waals surface area contributed by atoms with Crippen molar-refractivity contribution in [1.82, 2.24) is 14.9 Å². The minimum atomic E-state index is -0.0648. The molecule has 0 amide bonds. The van der Waals surface area contributed by atoms with Crippen molar-refractivity contribution < 1.29 is 9.47 Å². The maximum atomic E-state index is 6.23. The number of hydrogen-bond donors (Lipinski definition) is 0. The quantitative estimate of drug-likeness (QED) is 0.865. The number of rotatable bonds is 4. The Morgan fingerprint density at radius 2 is 2.12 bits per heavy atom. The van der Waals surface area contributed by atoms with Gasteiger partial charge in [-0.1, -0.05) is 6.07 Å². The molecule has 1 spiro atoms. The molecule has 2 saturated heterocycles. The fourth-order valence-corrected chi connectivity index (χ4v) is 3.82. The number of piperidine rings is 1. The van der Waals surface area contributed by atoms with Gasteiger partial charge in [-0.15, -0.1) is 0 Å². The molecule has 2 aromatic rings. The third-order valence-corrected chi connectivity index (χ3v) is 4.87. The van der Waals surface area contributed by atoms with Gasteiger partial charge in [0, 0.05) is 44.2 Å². The third kappa shape index (κ3) is 3.57. The minimum absolute atomic E-state index is 0.0648. The molecule has 0 saturated carbocycles. The molecule has 4 heterocycles. The van der Waals surface area contributed by atoms with E-state index in [1.165, 1.54) is 12.0 Å². The molecule has 0 bridgehead atoms. The number of pyridine rings is 2. The van der Waals surface area contributed by atoms with Crippen LogP contribution in [-0.2, 0) is 11.3 Å². The zero-order valence-corrected chi connectivity index (χ0v) is 13.8. The molecule has 0 unspecified atom stereocenters. The molecule has 24 heavy (non-hydrogen) atoms. The van der Waals surface area contributed by atoms with E-state index in [0.717, 1.165) is 32.5 Å². The van der Waals surface area contributed by atoms with Crippen LogP contribution < -0.4 is 4.74 Å². The highest BCUT2D eigenvalue weighted by atomic mass is 16.6. The van der Waals surface area contributed by atoms with Crippen molar-refractivity contribution in [1.29, 1.82) is 0 Å². The number of nitrogens with zero attached hydrogens (tertiary/aromatic N) is 3. The first-order chi connectivity index (χ1) is 11.8. The Kier molecular flexibility index (Phi) is 4.45. The molecule has 0 aliphatic carbocycles. The zero-order chi connectivity index (χ0) is 16.2. The predicted molar refractivity (Wildman–Crippen MR) is 90.7 cm³/mol. The highest BCUT2D eigenvalue weighted by Crippen LogP contribution is 2.36. The first kappa shape index (κ1) is 15.5. The topological polar surface area (TPSA) is 47.5 Å². The van der Waals surface area contributed by atoms with Crippen LogP contribution in [0.3, 0.4) is 0 Å². The Morgan fingerprint density at radius 3 is 2.96 bits per heavy atom. The molecule has 0 N–H and O–H groups in total. The molecule has 2 fully saturated rings. The highest BCUT2D eigenvalue weighted by molar-refractivity contribution is 5.12. The van der Waals surface area contributed by atoms with Crippen LogP contribution in [0.25, 0.3) is 0 Å². The van der Waals surface area contributed by atoms with Gasteiger partial charge >= 0.3 is 0 Å². The van der Waals surface area contributed by atoms with Crippen LogP contribution in [0.4, 0.5) is 0 Å². The van der Waals surface area contributed by atoms with E-state index < -0.39 is 0 Å². The molecular weight excluding hydrogens is 302 g/mol. The van der Waals surface area contributed by atoms with E-state index in [2.05, 4.69) is 27.0 Å².